The molecule has 5 heteroatoms. The van der Waals surface area contributed by atoms with Crippen LogP contribution < -0.4 is 10.6 Å². The molecule has 0 unspecified atom stereocenters. The lowest BCUT2D eigenvalue weighted by atomic mass is 9.95. The molecule has 2 N–H and O–H groups in total. The third-order valence-corrected chi connectivity index (χ3v) is 5.03. The molecule has 0 aliphatic carbocycles. The number of carbonyl (C=O) groups is 2. The topological polar surface area (TPSA) is 61.4 Å². The van der Waals surface area contributed by atoms with Gasteiger partial charge < -0.3 is 10.6 Å². The molecule has 1 aliphatic heterocycles. The lowest BCUT2D eigenvalue weighted by Crippen LogP contribution is -2.46. The summed E-state index contributed by atoms with van der Waals surface area (Å²) < 4.78 is 0. The van der Waals surface area contributed by atoms with Crippen molar-refractivity contribution in [2.45, 2.75) is 46.2 Å². The maximum absolute atomic E-state index is 12.3. The minimum Gasteiger partial charge on any atom is -0.353 e. The highest BCUT2D eigenvalue weighted by Gasteiger charge is 2.26. The first-order chi connectivity index (χ1) is 12.0. The van der Waals surface area contributed by atoms with Gasteiger partial charge in [-0.15, -0.1) is 0 Å². The molecule has 0 bridgehead atoms. The second kappa shape index (κ2) is 9.56. The summed E-state index contributed by atoms with van der Waals surface area (Å²) in [6, 6.07) is 10.1. The highest BCUT2D eigenvalue weighted by Crippen LogP contribution is 2.17. The lowest BCUT2D eigenvalue weighted by Gasteiger charge is -2.31. The molecule has 0 spiro atoms. The van der Waals surface area contributed by atoms with E-state index < -0.39 is 0 Å². The molecule has 5 nitrogen and oxygen atoms in total. The third-order valence-electron chi connectivity index (χ3n) is 5.03. The van der Waals surface area contributed by atoms with Crippen LogP contribution in [0.4, 0.5) is 0 Å². The summed E-state index contributed by atoms with van der Waals surface area (Å²) in [6.45, 7) is 8.84. The van der Waals surface area contributed by atoms with Crippen LogP contribution in [0.15, 0.2) is 30.3 Å². The average Bonchev–Trinajstić information content (AvgIpc) is 2.61. The van der Waals surface area contributed by atoms with E-state index in [1.165, 1.54) is 0 Å². The van der Waals surface area contributed by atoms with E-state index in [4.69, 9.17) is 0 Å². The number of carbonyl (C=O) groups excluding carboxylic acids is 2. The minimum absolute atomic E-state index is 0.0418. The Hall–Kier alpha value is -1.88. The molecule has 2 rings (SSSR count). The monoisotopic (exact) mass is 345 g/mol. The Morgan fingerprint density at radius 1 is 1.12 bits per heavy atom. The number of likely N-dealkylation sites (tertiary alicyclic amines) is 1. The normalized spacial score (nSPS) is 17.3. The van der Waals surface area contributed by atoms with Gasteiger partial charge in [0.05, 0.1) is 6.54 Å². The van der Waals surface area contributed by atoms with Gasteiger partial charge in [0, 0.05) is 18.5 Å². The van der Waals surface area contributed by atoms with Gasteiger partial charge in [0.2, 0.25) is 11.8 Å². The molecule has 138 valence electrons. The lowest BCUT2D eigenvalue weighted by molar-refractivity contribution is -0.127. The van der Waals surface area contributed by atoms with Crippen LogP contribution in [0.5, 0.6) is 0 Å². The van der Waals surface area contributed by atoms with Gasteiger partial charge in [-0.2, -0.15) is 0 Å². The van der Waals surface area contributed by atoms with Crippen molar-refractivity contribution in [2.75, 3.05) is 19.6 Å². The van der Waals surface area contributed by atoms with Crippen molar-refractivity contribution in [1.82, 2.24) is 15.5 Å². The standard InChI is InChI=1S/C20H31N3O2/c1-15(2)16(3)22-20(25)18-9-11-23(12-10-18)14-19(24)21-13-17-7-5-4-6-8-17/h4-8,15-16,18H,9-14H2,1-3H3,(H,21,24)(H,22,25)/t16-/m1/s1. The number of nitrogens with zero attached hydrogens (tertiary/aromatic N) is 1. The van der Waals surface area contributed by atoms with Crippen LogP contribution in [0, 0.1) is 11.8 Å². The summed E-state index contributed by atoms with van der Waals surface area (Å²) in [4.78, 5) is 26.5. The number of nitrogens with one attached hydrogen (secondary N) is 2. The number of rotatable bonds is 7. The summed E-state index contributed by atoms with van der Waals surface area (Å²) >= 11 is 0. The van der Waals surface area contributed by atoms with Gasteiger partial charge in [-0.05, 0) is 44.3 Å². The number of hydrogen-bond acceptors (Lipinski definition) is 3. The molecule has 0 saturated carbocycles. The Labute approximate surface area is 151 Å². The van der Waals surface area contributed by atoms with Crippen molar-refractivity contribution in [2.24, 2.45) is 11.8 Å². The summed E-state index contributed by atoms with van der Waals surface area (Å²) in [6.07, 6.45) is 1.64. The number of amides is 2. The van der Waals surface area contributed by atoms with Gasteiger partial charge in [0.15, 0.2) is 0 Å². The van der Waals surface area contributed by atoms with Crippen molar-refractivity contribution >= 4 is 11.8 Å². The summed E-state index contributed by atoms with van der Waals surface area (Å²) in [5.41, 5.74) is 1.10. The van der Waals surface area contributed by atoms with Crippen LogP contribution in [0.25, 0.3) is 0 Å². The zero-order valence-electron chi connectivity index (χ0n) is 15.6. The van der Waals surface area contributed by atoms with E-state index in [2.05, 4.69) is 36.3 Å². The van der Waals surface area contributed by atoms with Gasteiger partial charge in [0.25, 0.3) is 0 Å². The number of benzene rings is 1. The molecule has 1 atom stereocenters. The van der Waals surface area contributed by atoms with E-state index in [0.29, 0.717) is 19.0 Å². The zero-order valence-corrected chi connectivity index (χ0v) is 15.6. The van der Waals surface area contributed by atoms with Crippen molar-refractivity contribution < 1.29 is 9.59 Å². The molecular weight excluding hydrogens is 314 g/mol. The van der Waals surface area contributed by atoms with Gasteiger partial charge in [-0.3, -0.25) is 14.5 Å². The minimum atomic E-state index is 0.0418. The molecule has 2 amide bonds. The second-order valence-electron chi connectivity index (χ2n) is 7.35. The summed E-state index contributed by atoms with van der Waals surface area (Å²) in [5.74, 6) is 0.719. The predicted molar refractivity (Wildman–Crippen MR) is 99.9 cm³/mol. The molecule has 0 radical (unpaired) electrons. The average molecular weight is 345 g/mol. The molecular formula is C20H31N3O2. The van der Waals surface area contributed by atoms with Crippen LogP contribution in [-0.4, -0.2) is 42.4 Å². The SMILES string of the molecule is CC(C)[C@@H](C)NC(=O)C1CCN(CC(=O)NCc2ccccc2)CC1. The van der Waals surface area contributed by atoms with Crippen molar-refractivity contribution in [3.8, 4) is 0 Å². The van der Waals surface area contributed by atoms with Gasteiger partial charge in [0.1, 0.15) is 0 Å². The fraction of sp³-hybridized carbons (Fsp3) is 0.600. The maximum Gasteiger partial charge on any atom is 0.234 e. The predicted octanol–water partition coefficient (Wildman–Crippen LogP) is 2.18. The Bertz CT molecular complexity index is 551. The zero-order chi connectivity index (χ0) is 18.2. The van der Waals surface area contributed by atoms with Crippen molar-refractivity contribution in [1.29, 1.82) is 0 Å². The van der Waals surface area contributed by atoms with Gasteiger partial charge >= 0.3 is 0 Å². The molecule has 1 aliphatic rings. The van der Waals surface area contributed by atoms with Crippen LogP contribution in [0.2, 0.25) is 0 Å². The first kappa shape index (κ1) is 19.4. The molecule has 1 aromatic rings. The Balaban J connectivity index is 1.67. The van der Waals surface area contributed by atoms with Crippen LogP contribution in [-0.2, 0) is 16.1 Å². The maximum atomic E-state index is 12.3. The Morgan fingerprint density at radius 2 is 1.76 bits per heavy atom. The van der Waals surface area contributed by atoms with Crippen molar-refractivity contribution in [3.05, 3.63) is 35.9 Å². The fourth-order valence-electron chi connectivity index (χ4n) is 2.92. The molecule has 25 heavy (non-hydrogen) atoms. The summed E-state index contributed by atoms with van der Waals surface area (Å²) in [7, 11) is 0. The highest BCUT2D eigenvalue weighted by atomic mass is 16.2. The van der Waals surface area contributed by atoms with Gasteiger partial charge in [-0.25, -0.2) is 0 Å². The van der Waals surface area contributed by atoms with Crippen molar-refractivity contribution in [3.63, 3.8) is 0 Å². The van der Waals surface area contributed by atoms with E-state index in [1.54, 1.807) is 0 Å². The smallest absolute Gasteiger partial charge is 0.234 e. The first-order valence-corrected chi connectivity index (χ1v) is 9.29. The molecule has 1 aromatic carbocycles. The quantitative estimate of drug-likeness (QED) is 0.796. The van der Waals surface area contributed by atoms with E-state index in [9.17, 15) is 9.59 Å². The van der Waals surface area contributed by atoms with E-state index >= 15 is 0 Å². The highest BCUT2D eigenvalue weighted by molar-refractivity contribution is 5.79. The number of hydrogen-bond donors (Lipinski definition) is 2. The van der Waals surface area contributed by atoms with E-state index in [1.807, 2.05) is 30.3 Å². The molecule has 1 fully saturated rings. The van der Waals surface area contributed by atoms with Crippen LogP contribution >= 0.6 is 0 Å². The summed E-state index contributed by atoms with van der Waals surface area (Å²) in [5, 5.41) is 6.07. The molecule has 1 heterocycles. The molecule has 1 saturated heterocycles. The second-order valence-corrected chi connectivity index (χ2v) is 7.35. The Kier molecular flexibility index (Phi) is 7.44. The third kappa shape index (κ3) is 6.50. The van der Waals surface area contributed by atoms with Gasteiger partial charge in [-0.1, -0.05) is 44.2 Å². The van der Waals surface area contributed by atoms with Crippen LogP contribution in [0.3, 0.4) is 0 Å². The molecule has 0 aromatic heterocycles. The number of piperidine rings is 1. The first-order valence-electron chi connectivity index (χ1n) is 9.29. The fourth-order valence-corrected chi connectivity index (χ4v) is 2.92. The largest absolute Gasteiger partial charge is 0.353 e. The van der Waals surface area contributed by atoms with E-state index in [0.717, 1.165) is 31.5 Å². The van der Waals surface area contributed by atoms with E-state index in [-0.39, 0.29) is 23.8 Å². The van der Waals surface area contributed by atoms with Crippen LogP contribution in [0.1, 0.15) is 39.2 Å². The Morgan fingerprint density at radius 3 is 2.36 bits per heavy atom.